The molecule has 0 fully saturated rings. The molecule has 2 aromatic carbocycles. The Bertz CT molecular complexity index is 872. The van der Waals surface area contributed by atoms with Crippen molar-refractivity contribution in [1.29, 1.82) is 0 Å². The van der Waals surface area contributed by atoms with E-state index in [-0.39, 0.29) is 5.82 Å². The number of hydrogen-bond donors (Lipinski definition) is 2. The van der Waals surface area contributed by atoms with Crippen LogP contribution in [0.15, 0.2) is 47.4 Å². The van der Waals surface area contributed by atoms with Gasteiger partial charge in [0.1, 0.15) is 5.82 Å². The minimum absolute atomic E-state index is 0.228. The van der Waals surface area contributed by atoms with E-state index in [4.69, 9.17) is 0 Å². The van der Waals surface area contributed by atoms with Crippen LogP contribution in [-0.4, -0.2) is 11.1 Å². The number of aromatic nitrogens is 1. The van der Waals surface area contributed by atoms with E-state index in [1.165, 1.54) is 46.2 Å². The maximum atomic E-state index is 13.2. The fraction of sp³-hybridized carbons (Fsp3) is 0.222. The lowest BCUT2D eigenvalue weighted by molar-refractivity contribution is 0.622. The third kappa shape index (κ3) is 2.71. The maximum absolute atomic E-state index is 13.2. The molecule has 0 amide bonds. The van der Waals surface area contributed by atoms with Crippen LogP contribution >= 0.6 is 11.9 Å². The number of halogens is 1. The number of rotatable bonds is 3. The molecule has 2 N–H and O–H groups in total. The topological polar surface area (TPSA) is 29.0 Å². The molecule has 5 heteroatoms. The van der Waals surface area contributed by atoms with Crippen molar-refractivity contribution in [2.45, 2.75) is 17.9 Å². The monoisotopic (exact) mass is 327 g/mol. The second kappa shape index (κ2) is 5.91. The maximum Gasteiger partial charge on any atom is 0.125 e. The molecule has 0 aliphatic carbocycles. The van der Waals surface area contributed by atoms with Gasteiger partial charge in [0.25, 0.3) is 0 Å². The lowest BCUT2D eigenvalue weighted by Crippen LogP contribution is -2.24. The second-order valence-electron chi connectivity index (χ2n) is 5.80. The number of hydrogen-bond acceptors (Lipinski definition) is 3. The summed E-state index contributed by atoms with van der Waals surface area (Å²) >= 11 is 1.51. The van der Waals surface area contributed by atoms with E-state index in [9.17, 15) is 4.39 Å². The Morgan fingerprint density at radius 2 is 2.13 bits per heavy atom. The lowest BCUT2D eigenvalue weighted by atomic mass is 10.1. The standard InChI is InChI=1S/C18H18FN3S/c1-22-17-6-5-14(23-21-13-4-2-3-12(19)9-13)10-15(17)16-11-20-8-7-18(16)22/h2-6,9-10,20-21H,7-8,11H2,1H3. The summed E-state index contributed by atoms with van der Waals surface area (Å²) in [4.78, 5) is 1.13. The summed E-state index contributed by atoms with van der Waals surface area (Å²) in [6, 6.07) is 13.0. The number of anilines is 1. The van der Waals surface area contributed by atoms with Gasteiger partial charge in [-0.05, 0) is 53.9 Å². The molecular weight excluding hydrogens is 309 g/mol. The Morgan fingerprint density at radius 3 is 3.00 bits per heavy atom. The van der Waals surface area contributed by atoms with Gasteiger partial charge in [0.2, 0.25) is 0 Å². The predicted molar refractivity (Wildman–Crippen MR) is 94.2 cm³/mol. The van der Waals surface area contributed by atoms with Gasteiger partial charge < -0.3 is 14.6 Å². The van der Waals surface area contributed by atoms with Crippen molar-refractivity contribution in [3.63, 3.8) is 0 Å². The van der Waals surface area contributed by atoms with E-state index < -0.39 is 0 Å². The Hall–Kier alpha value is -1.98. The van der Waals surface area contributed by atoms with Crippen molar-refractivity contribution in [2.24, 2.45) is 7.05 Å². The molecule has 0 bridgehead atoms. The van der Waals surface area contributed by atoms with E-state index in [2.05, 4.69) is 39.9 Å². The molecule has 0 unspecified atom stereocenters. The largest absolute Gasteiger partial charge is 0.347 e. The van der Waals surface area contributed by atoms with Gasteiger partial charge in [0, 0.05) is 53.7 Å². The van der Waals surface area contributed by atoms with Crippen molar-refractivity contribution < 1.29 is 4.39 Å². The van der Waals surface area contributed by atoms with Crippen LogP contribution in [0.25, 0.3) is 10.9 Å². The Labute approximate surface area is 139 Å². The zero-order chi connectivity index (χ0) is 15.8. The van der Waals surface area contributed by atoms with Crippen LogP contribution < -0.4 is 10.0 Å². The lowest BCUT2D eigenvalue weighted by Gasteiger charge is -2.14. The van der Waals surface area contributed by atoms with Crippen molar-refractivity contribution in [1.82, 2.24) is 9.88 Å². The van der Waals surface area contributed by atoms with E-state index in [1.54, 1.807) is 6.07 Å². The second-order valence-corrected chi connectivity index (χ2v) is 6.68. The Balaban J connectivity index is 1.64. The first-order chi connectivity index (χ1) is 11.2. The normalized spacial score (nSPS) is 14.0. The third-order valence-corrected chi connectivity index (χ3v) is 5.19. The van der Waals surface area contributed by atoms with Gasteiger partial charge in [-0.25, -0.2) is 4.39 Å². The first kappa shape index (κ1) is 14.6. The molecule has 2 heterocycles. The van der Waals surface area contributed by atoms with Crippen LogP contribution in [0, 0.1) is 5.82 Å². The average Bonchev–Trinajstić information content (AvgIpc) is 2.86. The molecule has 3 aromatic rings. The van der Waals surface area contributed by atoms with Crippen LogP contribution in [0.1, 0.15) is 11.3 Å². The van der Waals surface area contributed by atoms with Crippen molar-refractivity contribution in [3.8, 4) is 0 Å². The summed E-state index contributed by atoms with van der Waals surface area (Å²) < 4.78 is 18.7. The van der Waals surface area contributed by atoms with Gasteiger partial charge in [-0.2, -0.15) is 0 Å². The molecule has 4 rings (SSSR count). The number of aryl methyl sites for hydroxylation is 1. The van der Waals surface area contributed by atoms with Gasteiger partial charge in [-0.15, -0.1) is 0 Å². The quantitative estimate of drug-likeness (QED) is 0.710. The van der Waals surface area contributed by atoms with Crippen LogP contribution in [0.5, 0.6) is 0 Å². The molecule has 1 aliphatic rings. The van der Waals surface area contributed by atoms with E-state index >= 15 is 0 Å². The van der Waals surface area contributed by atoms with Crippen LogP contribution in [0.4, 0.5) is 10.1 Å². The van der Waals surface area contributed by atoms with Crippen molar-refractivity contribution in [2.75, 3.05) is 11.3 Å². The molecule has 0 atom stereocenters. The SMILES string of the molecule is Cn1c2c(c3cc(SNc4cccc(F)c4)ccc31)CNCC2. The molecule has 0 radical (unpaired) electrons. The molecule has 23 heavy (non-hydrogen) atoms. The summed E-state index contributed by atoms with van der Waals surface area (Å²) in [6.07, 6.45) is 1.07. The summed E-state index contributed by atoms with van der Waals surface area (Å²) in [5, 5.41) is 4.76. The summed E-state index contributed by atoms with van der Waals surface area (Å²) in [5.74, 6) is -0.228. The highest BCUT2D eigenvalue weighted by Gasteiger charge is 2.18. The average molecular weight is 327 g/mol. The van der Waals surface area contributed by atoms with Gasteiger partial charge in [-0.3, -0.25) is 0 Å². The van der Waals surface area contributed by atoms with Gasteiger partial charge in [0.15, 0.2) is 0 Å². The first-order valence-corrected chi connectivity index (χ1v) is 8.53. The zero-order valence-electron chi connectivity index (χ0n) is 12.9. The molecule has 0 saturated carbocycles. The van der Waals surface area contributed by atoms with Gasteiger partial charge in [0.05, 0.1) is 0 Å². The molecule has 118 valence electrons. The summed E-state index contributed by atoms with van der Waals surface area (Å²) in [6.45, 7) is 1.97. The highest BCUT2D eigenvalue weighted by Crippen LogP contribution is 2.31. The van der Waals surface area contributed by atoms with Crippen LogP contribution in [-0.2, 0) is 20.0 Å². The van der Waals surface area contributed by atoms with Crippen molar-refractivity contribution in [3.05, 3.63) is 59.5 Å². The number of nitrogens with zero attached hydrogens (tertiary/aromatic N) is 1. The molecule has 0 spiro atoms. The smallest absolute Gasteiger partial charge is 0.125 e. The van der Waals surface area contributed by atoms with Gasteiger partial charge in [-0.1, -0.05) is 6.07 Å². The number of nitrogens with one attached hydrogen (secondary N) is 2. The zero-order valence-corrected chi connectivity index (χ0v) is 13.7. The third-order valence-electron chi connectivity index (χ3n) is 4.36. The first-order valence-electron chi connectivity index (χ1n) is 7.72. The summed E-state index contributed by atoms with van der Waals surface area (Å²) in [5.41, 5.74) is 4.88. The minimum atomic E-state index is -0.228. The highest BCUT2D eigenvalue weighted by atomic mass is 32.2. The number of fused-ring (bicyclic) bond motifs is 3. The fourth-order valence-corrected chi connectivity index (χ4v) is 3.90. The van der Waals surface area contributed by atoms with Crippen molar-refractivity contribution >= 4 is 28.5 Å². The predicted octanol–water partition coefficient (Wildman–Crippen LogP) is 4.08. The number of benzene rings is 2. The van der Waals surface area contributed by atoms with Crippen LogP contribution in [0.2, 0.25) is 0 Å². The fourth-order valence-electron chi connectivity index (χ4n) is 3.22. The molecule has 1 aromatic heterocycles. The molecule has 1 aliphatic heterocycles. The van der Waals surface area contributed by atoms with E-state index in [1.807, 2.05) is 6.07 Å². The molecule has 0 saturated heterocycles. The molecule has 3 nitrogen and oxygen atoms in total. The summed E-state index contributed by atoms with van der Waals surface area (Å²) in [7, 11) is 2.14. The van der Waals surface area contributed by atoms with E-state index in [0.29, 0.717) is 0 Å². The van der Waals surface area contributed by atoms with E-state index in [0.717, 1.165) is 30.1 Å². The Morgan fingerprint density at radius 1 is 1.22 bits per heavy atom. The van der Waals surface area contributed by atoms with Gasteiger partial charge >= 0.3 is 0 Å². The molecular formula is C18H18FN3S. The Kier molecular flexibility index (Phi) is 3.75. The minimum Gasteiger partial charge on any atom is -0.347 e. The highest BCUT2D eigenvalue weighted by molar-refractivity contribution is 8.00. The van der Waals surface area contributed by atoms with Crippen LogP contribution in [0.3, 0.4) is 0 Å².